The third-order valence-electron chi connectivity index (χ3n) is 3.00. The summed E-state index contributed by atoms with van der Waals surface area (Å²) in [6.07, 6.45) is 0.809. The number of rotatable bonds is 3. The molecule has 0 bridgehead atoms. The Morgan fingerprint density at radius 3 is 2.64 bits per heavy atom. The third-order valence-corrected chi connectivity index (χ3v) is 3.00. The summed E-state index contributed by atoms with van der Waals surface area (Å²) >= 11 is 0. The van der Waals surface area contributed by atoms with E-state index in [0.29, 0.717) is 6.04 Å². The number of hydrogen-bond donors (Lipinski definition) is 1. The average molecular weight is 199 g/mol. The molecule has 4 nitrogen and oxygen atoms in total. The van der Waals surface area contributed by atoms with Crippen LogP contribution < -0.4 is 5.73 Å². The van der Waals surface area contributed by atoms with Gasteiger partial charge in [0.05, 0.1) is 6.04 Å². The highest BCUT2D eigenvalue weighted by Gasteiger charge is 2.29. The molecule has 0 spiro atoms. The van der Waals surface area contributed by atoms with Crippen molar-refractivity contribution in [3.05, 3.63) is 0 Å². The minimum Gasteiger partial charge on any atom is -0.368 e. The largest absolute Gasteiger partial charge is 0.368 e. The van der Waals surface area contributed by atoms with E-state index < -0.39 is 0 Å². The Balaban J connectivity index is 2.62. The van der Waals surface area contributed by atoms with Crippen LogP contribution in [0.4, 0.5) is 0 Å². The lowest BCUT2D eigenvalue weighted by molar-refractivity contribution is -0.125. The monoisotopic (exact) mass is 199 g/mol. The second-order valence-corrected chi connectivity index (χ2v) is 4.18. The molecule has 1 saturated heterocycles. The number of carbonyl (C=O) groups is 1. The van der Waals surface area contributed by atoms with E-state index in [1.807, 2.05) is 6.92 Å². The number of nitrogens with two attached hydrogens (primary N) is 1. The molecule has 0 radical (unpaired) electrons. The molecule has 1 rings (SSSR count). The first-order chi connectivity index (χ1) is 6.56. The quantitative estimate of drug-likeness (QED) is 0.690. The van der Waals surface area contributed by atoms with E-state index in [1.54, 1.807) is 0 Å². The first kappa shape index (κ1) is 11.5. The maximum Gasteiger partial charge on any atom is 0.234 e. The lowest BCUT2D eigenvalue weighted by atomic mass is 10.1. The van der Waals surface area contributed by atoms with Crippen LogP contribution in [0.2, 0.25) is 0 Å². The molecule has 1 aliphatic rings. The van der Waals surface area contributed by atoms with Crippen LogP contribution in [-0.4, -0.2) is 54.5 Å². The standard InChI is InChI=1S/C10H21N3O/c1-4-9(10(11)14)13-6-5-12(3)7-8(13)2/h8-9H,4-7H2,1-3H3,(H2,11,14). The summed E-state index contributed by atoms with van der Waals surface area (Å²) in [4.78, 5) is 15.7. The topological polar surface area (TPSA) is 49.6 Å². The normalized spacial score (nSPS) is 27.5. The number of primary amides is 1. The molecule has 0 aliphatic carbocycles. The van der Waals surface area contributed by atoms with Gasteiger partial charge in [-0.25, -0.2) is 0 Å². The van der Waals surface area contributed by atoms with Gasteiger partial charge in [0.15, 0.2) is 0 Å². The van der Waals surface area contributed by atoms with Gasteiger partial charge in [-0.05, 0) is 20.4 Å². The molecule has 0 saturated carbocycles. The Kier molecular flexibility index (Phi) is 3.89. The van der Waals surface area contributed by atoms with Gasteiger partial charge in [0.2, 0.25) is 5.91 Å². The van der Waals surface area contributed by atoms with Gasteiger partial charge < -0.3 is 10.6 Å². The molecular weight excluding hydrogens is 178 g/mol. The van der Waals surface area contributed by atoms with Crippen LogP contribution in [0, 0.1) is 0 Å². The van der Waals surface area contributed by atoms with Crippen molar-refractivity contribution in [3.63, 3.8) is 0 Å². The Morgan fingerprint density at radius 2 is 2.21 bits per heavy atom. The van der Waals surface area contributed by atoms with Gasteiger partial charge >= 0.3 is 0 Å². The van der Waals surface area contributed by atoms with E-state index in [0.717, 1.165) is 26.1 Å². The highest BCUT2D eigenvalue weighted by Crippen LogP contribution is 2.13. The van der Waals surface area contributed by atoms with E-state index in [2.05, 4.69) is 23.8 Å². The zero-order valence-electron chi connectivity index (χ0n) is 9.36. The number of nitrogens with zero attached hydrogens (tertiary/aromatic N) is 2. The van der Waals surface area contributed by atoms with Crippen molar-refractivity contribution in [2.75, 3.05) is 26.7 Å². The minimum absolute atomic E-state index is 0.0845. The van der Waals surface area contributed by atoms with Gasteiger partial charge in [0.25, 0.3) is 0 Å². The predicted molar refractivity (Wildman–Crippen MR) is 56.9 cm³/mol. The fourth-order valence-electron chi connectivity index (χ4n) is 2.22. The van der Waals surface area contributed by atoms with E-state index in [9.17, 15) is 4.79 Å². The molecule has 4 heteroatoms. The molecule has 14 heavy (non-hydrogen) atoms. The fourth-order valence-corrected chi connectivity index (χ4v) is 2.22. The summed E-state index contributed by atoms with van der Waals surface area (Å²) in [5.41, 5.74) is 5.38. The third kappa shape index (κ3) is 2.45. The molecule has 1 amide bonds. The summed E-state index contributed by atoms with van der Waals surface area (Å²) in [7, 11) is 2.11. The Labute approximate surface area is 86.0 Å². The molecule has 0 aromatic rings. The number of likely N-dealkylation sites (N-methyl/N-ethyl adjacent to an activating group) is 1. The molecule has 2 unspecified atom stereocenters. The second kappa shape index (κ2) is 4.75. The van der Waals surface area contributed by atoms with Crippen LogP contribution >= 0.6 is 0 Å². The van der Waals surface area contributed by atoms with Crippen LogP contribution in [0.15, 0.2) is 0 Å². The Bertz CT molecular complexity index is 208. The molecule has 82 valence electrons. The zero-order valence-corrected chi connectivity index (χ0v) is 9.36. The van der Waals surface area contributed by atoms with Crippen molar-refractivity contribution in [2.45, 2.75) is 32.4 Å². The SMILES string of the molecule is CCC(C(N)=O)N1CCN(C)CC1C. The smallest absolute Gasteiger partial charge is 0.234 e. The molecule has 1 aliphatic heterocycles. The molecule has 0 aromatic carbocycles. The highest BCUT2D eigenvalue weighted by atomic mass is 16.1. The van der Waals surface area contributed by atoms with Gasteiger partial charge in [0.1, 0.15) is 0 Å². The molecular formula is C10H21N3O. The van der Waals surface area contributed by atoms with E-state index in [1.165, 1.54) is 0 Å². The lowest BCUT2D eigenvalue weighted by Gasteiger charge is -2.41. The van der Waals surface area contributed by atoms with Crippen molar-refractivity contribution in [2.24, 2.45) is 5.73 Å². The van der Waals surface area contributed by atoms with Crippen LogP contribution in [0.3, 0.4) is 0 Å². The van der Waals surface area contributed by atoms with E-state index in [4.69, 9.17) is 5.73 Å². The van der Waals surface area contributed by atoms with Crippen molar-refractivity contribution in [1.29, 1.82) is 0 Å². The molecule has 2 N–H and O–H groups in total. The summed E-state index contributed by atoms with van der Waals surface area (Å²) in [6.45, 7) is 7.15. The van der Waals surface area contributed by atoms with Crippen molar-refractivity contribution in [3.8, 4) is 0 Å². The molecule has 0 aromatic heterocycles. The maximum absolute atomic E-state index is 11.2. The van der Waals surface area contributed by atoms with Gasteiger partial charge in [-0.1, -0.05) is 6.92 Å². The Morgan fingerprint density at radius 1 is 1.57 bits per heavy atom. The van der Waals surface area contributed by atoms with Crippen molar-refractivity contribution >= 4 is 5.91 Å². The molecule has 2 atom stereocenters. The minimum atomic E-state index is -0.191. The van der Waals surface area contributed by atoms with Crippen LogP contribution in [0.5, 0.6) is 0 Å². The first-order valence-electron chi connectivity index (χ1n) is 5.29. The van der Waals surface area contributed by atoms with Crippen LogP contribution in [0.25, 0.3) is 0 Å². The number of amides is 1. The van der Waals surface area contributed by atoms with Gasteiger partial charge in [-0.3, -0.25) is 9.69 Å². The average Bonchev–Trinajstić information content (AvgIpc) is 2.09. The van der Waals surface area contributed by atoms with Gasteiger partial charge in [0, 0.05) is 25.7 Å². The Hall–Kier alpha value is -0.610. The number of piperazine rings is 1. The molecule has 1 fully saturated rings. The van der Waals surface area contributed by atoms with Gasteiger partial charge in [-0.2, -0.15) is 0 Å². The maximum atomic E-state index is 11.2. The van der Waals surface area contributed by atoms with Crippen LogP contribution in [0.1, 0.15) is 20.3 Å². The van der Waals surface area contributed by atoms with E-state index >= 15 is 0 Å². The summed E-state index contributed by atoms with van der Waals surface area (Å²) < 4.78 is 0. The number of hydrogen-bond acceptors (Lipinski definition) is 3. The predicted octanol–water partition coefficient (Wildman–Crippen LogP) is -0.114. The van der Waals surface area contributed by atoms with Gasteiger partial charge in [-0.15, -0.1) is 0 Å². The summed E-state index contributed by atoms with van der Waals surface area (Å²) in [5.74, 6) is -0.191. The van der Waals surface area contributed by atoms with E-state index in [-0.39, 0.29) is 11.9 Å². The zero-order chi connectivity index (χ0) is 10.7. The number of carbonyl (C=O) groups excluding carboxylic acids is 1. The molecule has 1 heterocycles. The lowest BCUT2D eigenvalue weighted by Crippen LogP contribution is -2.57. The van der Waals surface area contributed by atoms with Crippen molar-refractivity contribution in [1.82, 2.24) is 9.80 Å². The summed E-state index contributed by atoms with van der Waals surface area (Å²) in [5, 5.41) is 0. The second-order valence-electron chi connectivity index (χ2n) is 4.18. The summed E-state index contributed by atoms with van der Waals surface area (Å²) in [6, 6.07) is 0.338. The van der Waals surface area contributed by atoms with Crippen molar-refractivity contribution < 1.29 is 4.79 Å². The highest BCUT2D eigenvalue weighted by molar-refractivity contribution is 5.79. The van der Waals surface area contributed by atoms with Crippen LogP contribution in [-0.2, 0) is 4.79 Å². The first-order valence-corrected chi connectivity index (χ1v) is 5.29. The fraction of sp³-hybridized carbons (Fsp3) is 0.900.